The first kappa shape index (κ1) is 25.3. The average molecular weight is 565 g/mol. The van der Waals surface area contributed by atoms with Gasteiger partial charge in [0.1, 0.15) is 4.21 Å². The maximum atomic E-state index is 13.4. The third-order valence-corrected chi connectivity index (χ3v) is 6.88. The van der Waals surface area contributed by atoms with Gasteiger partial charge in [0.15, 0.2) is 12.4 Å². The van der Waals surface area contributed by atoms with Gasteiger partial charge in [0.2, 0.25) is 11.5 Å². The summed E-state index contributed by atoms with van der Waals surface area (Å²) >= 11 is 3.03. The van der Waals surface area contributed by atoms with Gasteiger partial charge < -0.3 is 28.7 Å². The molecule has 0 fully saturated rings. The topological polar surface area (TPSA) is 47.3 Å². The second-order valence-corrected chi connectivity index (χ2v) is 8.91. The highest BCUT2D eigenvalue weighted by Crippen LogP contribution is 2.38. The molecule has 0 amide bonds. The van der Waals surface area contributed by atoms with E-state index in [1.54, 1.807) is 30.8 Å². The zero-order valence-electron chi connectivity index (χ0n) is 17.5. The summed E-state index contributed by atoms with van der Waals surface area (Å²) in [6, 6.07) is 13.2. The Kier molecular flexibility index (Phi) is 9.93. The molecule has 2 aromatic heterocycles. The van der Waals surface area contributed by atoms with E-state index in [1.807, 2.05) is 60.3 Å². The minimum atomic E-state index is -0.341. The maximum Gasteiger partial charge on any atom is 0.310 e. The fourth-order valence-electron chi connectivity index (χ4n) is 3.00. The van der Waals surface area contributed by atoms with Crippen molar-refractivity contribution < 1.29 is 42.9 Å². The molecule has 1 aromatic carbocycles. The molecule has 0 atom stereocenters. The van der Waals surface area contributed by atoms with Crippen molar-refractivity contribution in [3.8, 4) is 5.69 Å². The van der Waals surface area contributed by atoms with Gasteiger partial charge in [-0.15, -0.1) is 29.7 Å². The van der Waals surface area contributed by atoms with Crippen LogP contribution >= 0.6 is 23.1 Å². The normalized spacial score (nSPS) is 10.3. The molecule has 2 heterocycles. The number of carbonyl (C=O) groups is 2. The van der Waals surface area contributed by atoms with Gasteiger partial charge in [0.05, 0.1) is 23.5 Å². The van der Waals surface area contributed by atoms with Crippen LogP contribution in [0.4, 0.5) is 0 Å². The highest BCUT2D eigenvalue weighted by molar-refractivity contribution is 8.01. The van der Waals surface area contributed by atoms with Crippen molar-refractivity contribution in [2.24, 2.45) is 0 Å². The van der Waals surface area contributed by atoms with Crippen LogP contribution in [0.1, 0.15) is 33.3 Å². The van der Waals surface area contributed by atoms with E-state index < -0.39 is 0 Å². The maximum absolute atomic E-state index is 13.4. The van der Waals surface area contributed by atoms with Gasteiger partial charge in [0.25, 0.3) is 0 Å². The van der Waals surface area contributed by atoms with Gasteiger partial charge in [-0.3, -0.25) is 9.59 Å². The van der Waals surface area contributed by atoms with Gasteiger partial charge in [-0.25, -0.2) is 0 Å². The first-order valence-corrected chi connectivity index (χ1v) is 11.5. The number of halogens is 1. The first-order valence-electron chi connectivity index (χ1n) is 9.68. The summed E-state index contributed by atoms with van der Waals surface area (Å²) in [7, 11) is 0. The summed E-state index contributed by atoms with van der Waals surface area (Å²) in [6.07, 6.45) is 5.79. The quantitative estimate of drug-likeness (QED) is 0.0995. The predicted molar refractivity (Wildman–Crippen MR) is 122 cm³/mol. The van der Waals surface area contributed by atoms with Crippen LogP contribution in [0.3, 0.4) is 0 Å². The SMILES string of the molecule is C=CCSc1sc(C(=O)c2ccccc2)c(CC(=O)OCC)c1-[n+]1ccc(C)cc1.[I-]. The largest absolute Gasteiger partial charge is 1.00 e. The van der Waals surface area contributed by atoms with Crippen molar-refractivity contribution in [1.29, 1.82) is 0 Å². The Hall–Kier alpha value is -1.97. The summed E-state index contributed by atoms with van der Waals surface area (Å²) in [6.45, 7) is 7.92. The molecule has 3 rings (SSSR count). The van der Waals surface area contributed by atoms with E-state index >= 15 is 0 Å². The number of carbonyl (C=O) groups excluding carboxylic acids is 2. The zero-order chi connectivity index (χ0) is 21.5. The highest BCUT2D eigenvalue weighted by Gasteiger charge is 2.31. The molecule has 0 spiro atoms. The fraction of sp³-hybridized carbons (Fsp3) is 0.208. The lowest BCUT2D eigenvalue weighted by atomic mass is 10.0. The number of aromatic nitrogens is 1. The van der Waals surface area contributed by atoms with Crippen LogP contribution in [0.25, 0.3) is 5.69 Å². The Labute approximate surface area is 208 Å². The van der Waals surface area contributed by atoms with Crippen molar-refractivity contribution >= 4 is 34.9 Å². The van der Waals surface area contributed by atoms with Crippen molar-refractivity contribution in [2.45, 2.75) is 24.5 Å². The van der Waals surface area contributed by atoms with Gasteiger partial charge in [-0.05, 0) is 19.4 Å². The van der Waals surface area contributed by atoms with Crippen LogP contribution in [0.5, 0.6) is 0 Å². The molecule has 0 saturated heterocycles. The summed E-state index contributed by atoms with van der Waals surface area (Å²) in [5.74, 6) is 0.281. The van der Waals surface area contributed by atoms with E-state index in [9.17, 15) is 9.59 Å². The number of ether oxygens (including phenoxy) is 1. The number of pyridine rings is 1. The van der Waals surface area contributed by atoms with E-state index in [1.165, 1.54) is 11.3 Å². The average Bonchev–Trinajstić information content (AvgIpc) is 3.11. The van der Waals surface area contributed by atoms with E-state index in [4.69, 9.17) is 4.74 Å². The zero-order valence-corrected chi connectivity index (χ0v) is 21.3. The summed E-state index contributed by atoms with van der Waals surface area (Å²) in [4.78, 5) is 26.3. The summed E-state index contributed by atoms with van der Waals surface area (Å²) in [5.41, 5.74) is 3.30. The lowest BCUT2D eigenvalue weighted by molar-refractivity contribution is -0.598. The predicted octanol–water partition coefficient (Wildman–Crippen LogP) is 1.95. The minimum absolute atomic E-state index is 0. The highest BCUT2D eigenvalue weighted by atomic mass is 127. The number of thiophene rings is 1. The molecule has 3 aromatic rings. The second kappa shape index (κ2) is 12.2. The van der Waals surface area contributed by atoms with Gasteiger partial charge in [-0.1, -0.05) is 36.4 Å². The second-order valence-electron chi connectivity index (χ2n) is 6.61. The lowest BCUT2D eigenvalue weighted by Gasteiger charge is -2.05. The number of thioether (sulfide) groups is 1. The van der Waals surface area contributed by atoms with Gasteiger partial charge in [0, 0.05) is 23.4 Å². The fourth-order valence-corrected chi connectivity index (χ4v) is 5.34. The molecule has 0 bridgehead atoms. The Bertz CT molecular complexity index is 1050. The monoisotopic (exact) mass is 565 g/mol. The van der Waals surface area contributed by atoms with Crippen molar-refractivity contribution in [2.75, 3.05) is 12.4 Å². The molecular weight excluding hydrogens is 541 g/mol. The van der Waals surface area contributed by atoms with E-state index in [2.05, 4.69) is 6.58 Å². The molecule has 0 aliphatic heterocycles. The Morgan fingerprint density at radius 1 is 1.16 bits per heavy atom. The number of rotatable bonds is 9. The molecule has 31 heavy (non-hydrogen) atoms. The molecule has 4 nitrogen and oxygen atoms in total. The third kappa shape index (κ3) is 6.27. The number of aryl methyl sites for hydroxylation is 1. The van der Waals surface area contributed by atoms with Crippen molar-refractivity contribution in [1.82, 2.24) is 0 Å². The molecule has 0 aliphatic rings. The minimum Gasteiger partial charge on any atom is -1.00 e. The van der Waals surface area contributed by atoms with E-state index in [-0.39, 0.29) is 42.2 Å². The van der Waals surface area contributed by atoms with Gasteiger partial charge in [-0.2, -0.15) is 4.57 Å². The molecule has 0 N–H and O–H groups in total. The van der Waals surface area contributed by atoms with E-state index in [0.29, 0.717) is 28.4 Å². The molecule has 162 valence electrons. The molecule has 7 heteroatoms. The van der Waals surface area contributed by atoms with E-state index in [0.717, 1.165) is 15.5 Å². The van der Waals surface area contributed by atoms with Crippen LogP contribution in [0.2, 0.25) is 0 Å². The molecular formula is C24H24INO3S2. The number of ketones is 1. The molecule has 0 unspecified atom stereocenters. The summed E-state index contributed by atoms with van der Waals surface area (Å²) in [5, 5.41) is 0. The summed E-state index contributed by atoms with van der Waals surface area (Å²) < 4.78 is 8.16. The number of nitrogens with zero attached hydrogens (tertiary/aromatic N) is 1. The first-order chi connectivity index (χ1) is 14.5. The number of hydrogen-bond donors (Lipinski definition) is 0. The van der Waals surface area contributed by atoms with Crippen molar-refractivity contribution in [3.63, 3.8) is 0 Å². The number of benzene rings is 1. The Morgan fingerprint density at radius 3 is 2.45 bits per heavy atom. The molecule has 0 radical (unpaired) electrons. The lowest BCUT2D eigenvalue weighted by Crippen LogP contribution is -3.00. The van der Waals surface area contributed by atoms with Crippen molar-refractivity contribution in [3.05, 3.63) is 89.1 Å². The van der Waals surface area contributed by atoms with Crippen LogP contribution < -0.4 is 28.5 Å². The molecule has 0 saturated carbocycles. The van der Waals surface area contributed by atoms with Crippen LogP contribution in [0, 0.1) is 6.92 Å². The standard InChI is InChI=1S/C24H24NO3S2.HI/c1-4-15-29-24-21(25-13-11-17(3)12-14-25)19(16-20(26)28-5-2)23(30-24)22(27)18-9-7-6-8-10-18;/h4,6-14H,1,5,15-16H2,2-3H3;1H/q+1;/p-1. The van der Waals surface area contributed by atoms with Crippen LogP contribution in [0.15, 0.2) is 71.7 Å². The smallest absolute Gasteiger partial charge is 0.310 e. The Balaban J connectivity index is 0.00000341. The van der Waals surface area contributed by atoms with Gasteiger partial charge >= 0.3 is 5.97 Å². The third-order valence-electron chi connectivity index (χ3n) is 4.40. The number of esters is 1. The van der Waals surface area contributed by atoms with Crippen LogP contribution in [-0.2, 0) is 16.0 Å². The Morgan fingerprint density at radius 2 is 1.84 bits per heavy atom. The number of hydrogen-bond acceptors (Lipinski definition) is 5. The molecule has 0 aliphatic carbocycles. The van der Waals surface area contributed by atoms with Crippen LogP contribution in [-0.4, -0.2) is 24.1 Å².